The number of hydrogen-bond acceptors (Lipinski definition) is 7. The van der Waals surface area contributed by atoms with Crippen molar-refractivity contribution in [3.8, 4) is 5.75 Å². The first-order valence-corrected chi connectivity index (χ1v) is 8.96. The summed E-state index contributed by atoms with van der Waals surface area (Å²) in [6.07, 6.45) is -0.173. The van der Waals surface area contributed by atoms with E-state index in [2.05, 4.69) is 10.3 Å². The lowest BCUT2D eigenvalue weighted by Gasteiger charge is -2.25. The van der Waals surface area contributed by atoms with Gasteiger partial charge in [-0.1, -0.05) is 12.1 Å². The van der Waals surface area contributed by atoms with Crippen LogP contribution in [0.15, 0.2) is 24.3 Å². The molecule has 1 aromatic carbocycles. The predicted molar refractivity (Wildman–Crippen MR) is 97.8 cm³/mol. The van der Waals surface area contributed by atoms with Gasteiger partial charge in [0.1, 0.15) is 17.7 Å². The van der Waals surface area contributed by atoms with Gasteiger partial charge in [-0.25, -0.2) is 9.78 Å². The molecule has 0 radical (unpaired) electrons. The zero-order chi connectivity index (χ0) is 19.0. The monoisotopic (exact) mass is 370 g/mol. The minimum Gasteiger partial charge on any atom is -0.497 e. The molecule has 2 aliphatic heterocycles. The van der Waals surface area contributed by atoms with E-state index in [4.69, 9.17) is 14.2 Å². The van der Waals surface area contributed by atoms with Crippen molar-refractivity contribution in [2.75, 3.05) is 19.0 Å². The number of anilines is 1. The third-order valence-corrected chi connectivity index (χ3v) is 5.06. The maximum absolute atomic E-state index is 12.4. The first-order chi connectivity index (χ1) is 13.1. The fourth-order valence-electron chi connectivity index (χ4n) is 3.61. The standard InChI is InChI=1S/C20H22N2O5/c1-11-17-16(10-26-11)15-7-14(9-23)27-20(24)18(15)22-19(17)21-8-12-3-5-13(25-2)6-4-12/h3-6,11,14,23H,7-10H2,1-2H3,(H,21,22)/t11-,14+/m1/s1. The van der Waals surface area contributed by atoms with E-state index in [0.29, 0.717) is 31.1 Å². The molecule has 0 unspecified atom stereocenters. The van der Waals surface area contributed by atoms with Crippen LogP contribution in [0, 0.1) is 0 Å². The van der Waals surface area contributed by atoms with E-state index in [1.54, 1.807) is 7.11 Å². The predicted octanol–water partition coefficient (Wildman–Crippen LogP) is 2.37. The number of carbonyl (C=O) groups is 1. The quantitative estimate of drug-likeness (QED) is 0.781. The lowest BCUT2D eigenvalue weighted by Crippen LogP contribution is -2.32. The van der Waals surface area contributed by atoms with Crippen LogP contribution in [0.1, 0.15) is 45.8 Å². The summed E-state index contributed by atoms with van der Waals surface area (Å²) in [7, 11) is 1.63. The Hall–Kier alpha value is -2.64. The minimum absolute atomic E-state index is 0.110. The van der Waals surface area contributed by atoms with Gasteiger partial charge in [0.05, 0.1) is 26.4 Å². The molecule has 4 rings (SSSR count). The molecule has 3 heterocycles. The van der Waals surface area contributed by atoms with E-state index in [0.717, 1.165) is 28.0 Å². The van der Waals surface area contributed by atoms with Gasteiger partial charge >= 0.3 is 5.97 Å². The normalized spacial score (nSPS) is 20.6. The number of aliphatic hydroxyl groups excluding tert-OH is 1. The Labute approximate surface area is 157 Å². The summed E-state index contributed by atoms with van der Waals surface area (Å²) in [4.78, 5) is 16.9. The molecule has 0 amide bonds. The Morgan fingerprint density at radius 3 is 2.78 bits per heavy atom. The average Bonchev–Trinajstić information content (AvgIpc) is 3.09. The number of pyridine rings is 1. The Kier molecular flexibility index (Phi) is 4.72. The molecule has 0 bridgehead atoms. The smallest absolute Gasteiger partial charge is 0.357 e. The summed E-state index contributed by atoms with van der Waals surface area (Å²) >= 11 is 0. The van der Waals surface area contributed by atoms with Crippen LogP contribution in [-0.2, 0) is 29.0 Å². The van der Waals surface area contributed by atoms with Crippen LogP contribution >= 0.6 is 0 Å². The number of rotatable bonds is 5. The molecule has 27 heavy (non-hydrogen) atoms. The molecule has 2 aliphatic rings. The highest BCUT2D eigenvalue weighted by molar-refractivity contribution is 5.91. The van der Waals surface area contributed by atoms with Crippen LogP contribution < -0.4 is 10.1 Å². The van der Waals surface area contributed by atoms with Crippen molar-refractivity contribution in [3.05, 3.63) is 52.2 Å². The molecular weight excluding hydrogens is 348 g/mol. The lowest BCUT2D eigenvalue weighted by molar-refractivity contribution is 0.00829. The number of aromatic nitrogens is 1. The summed E-state index contributed by atoms with van der Waals surface area (Å²) in [5.74, 6) is 0.948. The van der Waals surface area contributed by atoms with Gasteiger partial charge in [0, 0.05) is 18.5 Å². The van der Waals surface area contributed by atoms with Crippen molar-refractivity contribution < 1.29 is 24.1 Å². The molecule has 2 N–H and O–H groups in total. The van der Waals surface area contributed by atoms with Crippen molar-refractivity contribution in [1.29, 1.82) is 0 Å². The molecule has 0 spiro atoms. The number of fused-ring (bicyclic) bond motifs is 3. The van der Waals surface area contributed by atoms with Crippen LogP contribution in [-0.4, -0.2) is 35.9 Å². The number of esters is 1. The molecule has 1 aromatic heterocycles. The second-order valence-electron chi connectivity index (χ2n) is 6.75. The summed E-state index contributed by atoms with van der Waals surface area (Å²) in [6, 6.07) is 7.76. The summed E-state index contributed by atoms with van der Waals surface area (Å²) in [6.45, 7) is 2.77. The van der Waals surface area contributed by atoms with Gasteiger partial charge in [0.25, 0.3) is 0 Å². The fraction of sp³-hybridized carbons (Fsp3) is 0.400. The highest BCUT2D eigenvalue weighted by atomic mass is 16.6. The third kappa shape index (κ3) is 3.24. The van der Waals surface area contributed by atoms with E-state index >= 15 is 0 Å². The van der Waals surface area contributed by atoms with Gasteiger partial charge in [-0.15, -0.1) is 0 Å². The number of hydrogen-bond donors (Lipinski definition) is 2. The number of aliphatic hydroxyl groups is 1. The SMILES string of the molecule is COc1ccc(CNc2nc3c(c4c2[C@@H](C)OC4)C[C@@H](CO)OC3=O)cc1. The summed E-state index contributed by atoms with van der Waals surface area (Å²) in [5.41, 5.74) is 4.18. The molecule has 0 aliphatic carbocycles. The number of benzene rings is 1. The molecular formula is C20H22N2O5. The van der Waals surface area contributed by atoms with Crippen LogP contribution in [0.25, 0.3) is 0 Å². The van der Waals surface area contributed by atoms with Crippen LogP contribution in [0.4, 0.5) is 5.82 Å². The second-order valence-corrected chi connectivity index (χ2v) is 6.75. The Morgan fingerprint density at radius 1 is 1.30 bits per heavy atom. The Morgan fingerprint density at radius 2 is 2.07 bits per heavy atom. The van der Waals surface area contributed by atoms with Crippen molar-refractivity contribution in [2.45, 2.75) is 38.7 Å². The topological polar surface area (TPSA) is 89.9 Å². The summed E-state index contributed by atoms with van der Waals surface area (Å²) < 4.78 is 16.2. The fourth-order valence-corrected chi connectivity index (χ4v) is 3.61. The van der Waals surface area contributed by atoms with Gasteiger partial charge in [0.2, 0.25) is 0 Å². The van der Waals surface area contributed by atoms with Gasteiger partial charge in [-0.2, -0.15) is 0 Å². The van der Waals surface area contributed by atoms with Crippen LogP contribution in [0.2, 0.25) is 0 Å². The highest BCUT2D eigenvalue weighted by Gasteiger charge is 2.36. The van der Waals surface area contributed by atoms with Gasteiger partial charge < -0.3 is 24.6 Å². The first kappa shape index (κ1) is 17.8. The second kappa shape index (κ2) is 7.17. The number of nitrogens with one attached hydrogen (secondary N) is 1. The number of ether oxygens (including phenoxy) is 3. The molecule has 2 atom stereocenters. The number of cyclic esters (lactones) is 1. The molecule has 7 nitrogen and oxygen atoms in total. The molecule has 0 saturated carbocycles. The molecule has 0 saturated heterocycles. The van der Waals surface area contributed by atoms with E-state index < -0.39 is 12.1 Å². The average molecular weight is 370 g/mol. The molecule has 2 aromatic rings. The maximum Gasteiger partial charge on any atom is 0.357 e. The number of nitrogens with zero attached hydrogens (tertiary/aromatic N) is 1. The molecule has 0 fully saturated rings. The first-order valence-electron chi connectivity index (χ1n) is 8.96. The maximum atomic E-state index is 12.4. The van der Waals surface area contributed by atoms with Crippen molar-refractivity contribution >= 4 is 11.8 Å². The Bertz CT molecular complexity index is 866. The van der Waals surface area contributed by atoms with Crippen LogP contribution in [0.5, 0.6) is 5.75 Å². The van der Waals surface area contributed by atoms with Gasteiger partial charge in [-0.3, -0.25) is 0 Å². The zero-order valence-corrected chi connectivity index (χ0v) is 15.3. The van der Waals surface area contributed by atoms with Crippen molar-refractivity contribution in [3.63, 3.8) is 0 Å². The lowest BCUT2D eigenvalue weighted by atomic mass is 9.93. The molecule has 7 heteroatoms. The van der Waals surface area contributed by atoms with E-state index in [1.165, 1.54) is 0 Å². The molecule has 142 valence electrons. The van der Waals surface area contributed by atoms with Crippen LogP contribution in [0.3, 0.4) is 0 Å². The third-order valence-electron chi connectivity index (χ3n) is 5.06. The zero-order valence-electron chi connectivity index (χ0n) is 15.3. The van der Waals surface area contributed by atoms with E-state index in [-0.39, 0.29) is 12.7 Å². The summed E-state index contributed by atoms with van der Waals surface area (Å²) in [5, 5.41) is 12.7. The van der Waals surface area contributed by atoms with Crippen molar-refractivity contribution in [2.24, 2.45) is 0 Å². The van der Waals surface area contributed by atoms with E-state index in [1.807, 2.05) is 31.2 Å². The highest BCUT2D eigenvalue weighted by Crippen LogP contribution is 2.40. The number of methoxy groups -OCH3 is 1. The number of carbonyl (C=O) groups excluding carboxylic acids is 1. The van der Waals surface area contributed by atoms with Gasteiger partial charge in [0.15, 0.2) is 5.69 Å². The Balaban J connectivity index is 1.66. The minimum atomic E-state index is -0.523. The largest absolute Gasteiger partial charge is 0.497 e. The van der Waals surface area contributed by atoms with E-state index in [9.17, 15) is 9.90 Å². The van der Waals surface area contributed by atoms with Crippen molar-refractivity contribution in [1.82, 2.24) is 4.98 Å². The van der Waals surface area contributed by atoms with Gasteiger partial charge in [-0.05, 0) is 35.7 Å².